The summed E-state index contributed by atoms with van der Waals surface area (Å²) in [5, 5.41) is 0.675. The molecule has 0 aliphatic carbocycles. The Labute approximate surface area is 151 Å². The number of para-hydroxylation sites is 1. The number of carbonyl (C=O) groups excluding carboxylic acids is 2. The van der Waals surface area contributed by atoms with Crippen LogP contribution in [0.3, 0.4) is 0 Å². The number of fused-ring (bicyclic) bond motifs is 1. The molecule has 0 aliphatic heterocycles. The number of amides is 1. The van der Waals surface area contributed by atoms with E-state index in [1.807, 2.05) is 36.4 Å². The molecule has 26 heavy (non-hydrogen) atoms. The maximum Gasteiger partial charge on any atom is 0.269 e. The summed E-state index contributed by atoms with van der Waals surface area (Å²) in [6.07, 6.45) is 0.944. The molecule has 0 saturated heterocycles. The summed E-state index contributed by atoms with van der Waals surface area (Å²) in [6.45, 7) is 3.67. The third-order valence-electron chi connectivity index (χ3n) is 4.41. The van der Waals surface area contributed by atoms with Crippen molar-refractivity contribution in [2.45, 2.75) is 20.3 Å². The quantitative estimate of drug-likeness (QED) is 0.420. The first-order chi connectivity index (χ1) is 12.6. The zero-order valence-electron chi connectivity index (χ0n) is 14.8. The van der Waals surface area contributed by atoms with E-state index in [2.05, 4.69) is 12.3 Å². The highest BCUT2D eigenvalue weighted by molar-refractivity contribution is 6.10. The van der Waals surface area contributed by atoms with Crippen LogP contribution in [0.2, 0.25) is 0 Å². The SMILES string of the molecule is CCc1ccc(OCC(=O)n2c(C)c(C(=O)NN)c3ccccc32)cc1. The molecule has 0 unspecified atom stereocenters. The summed E-state index contributed by atoms with van der Waals surface area (Å²) in [5.41, 5.74) is 4.92. The van der Waals surface area contributed by atoms with Crippen LogP contribution in [0.25, 0.3) is 10.9 Å². The summed E-state index contributed by atoms with van der Waals surface area (Å²) in [7, 11) is 0. The topological polar surface area (TPSA) is 86.3 Å². The molecule has 3 aromatic rings. The van der Waals surface area contributed by atoms with E-state index in [1.54, 1.807) is 19.1 Å². The molecule has 0 atom stereocenters. The highest BCUT2D eigenvalue weighted by Crippen LogP contribution is 2.26. The molecule has 0 bridgehead atoms. The fourth-order valence-corrected chi connectivity index (χ4v) is 3.08. The lowest BCUT2D eigenvalue weighted by Crippen LogP contribution is -2.30. The minimum atomic E-state index is -0.429. The van der Waals surface area contributed by atoms with Gasteiger partial charge >= 0.3 is 0 Å². The van der Waals surface area contributed by atoms with Crippen molar-refractivity contribution in [3.05, 3.63) is 65.4 Å². The van der Waals surface area contributed by atoms with E-state index in [1.165, 1.54) is 10.1 Å². The Morgan fingerprint density at radius 3 is 2.46 bits per heavy atom. The van der Waals surface area contributed by atoms with E-state index in [0.717, 1.165) is 6.42 Å². The molecule has 3 N–H and O–H groups in total. The second-order valence-electron chi connectivity index (χ2n) is 5.97. The average molecular weight is 351 g/mol. The lowest BCUT2D eigenvalue weighted by molar-refractivity contribution is 0.0841. The van der Waals surface area contributed by atoms with Crippen LogP contribution in [0.1, 0.15) is 33.3 Å². The van der Waals surface area contributed by atoms with Crippen molar-refractivity contribution in [3.8, 4) is 5.75 Å². The highest BCUT2D eigenvalue weighted by atomic mass is 16.5. The second kappa shape index (κ2) is 7.41. The third-order valence-corrected chi connectivity index (χ3v) is 4.41. The van der Waals surface area contributed by atoms with Crippen LogP contribution in [0.4, 0.5) is 0 Å². The fraction of sp³-hybridized carbons (Fsp3) is 0.200. The Morgan fingerprint density at radius 1 is 1.12 bits per heavy atom. The number of nitrogens with zero attached hydrogens (tertiary/aromatic N) is 1. The largest absolute Gasteiger partial charge is 0.484 e. The van der Waals surface area contributed by atoms with Crippen LogP contribution >= 0.6 is 0 Å². The van der Waals surface area contributed by atoms with Gasteiger partial charge in [-0.25, -0.2) is 5.84 Å². The zero-order valence-corrected chi connectivity index (χ0v) is 14.8. The molecule has 1 heterocycles. The molecular formula is C20H21N3O3. The molecule has 6 heteroatoms. The van der Waals surface area contributed by atoms with Crippen molar-refractivity contribution >= 4 is 22.7 Å². The number of benzene rings is 2. The number of hydrogen-bond donors (Lipinski definition) is 2. The van der Waals surface area contributed by atoms with E-state index in [9.17, 15) is 9.59 Å². The van der Waals surface area contributed by atoms with Gasteiger partial charge in [-0.1, -0.05) is 37.3 Å². The van der Waals surface area contributed by atoms with Gasteiger partial charge in [0.1, 0.15) is 5.75 Å². The summed E-state index contributed by atoms with van der Waals surface area (Å²) in [6, 6.07) is 14.9. The molecule has 6 nitrogen and oxygen atoms in total. The summed E-state index contributed by atoms with van der Waals surface area (Å²) < 4.78 is 7.13. The van der Waals surface area contributed by atoms with Crippen LogP contribution in [0.5, 0.6) is 5.75 Å². The minimum absolute atomic E-state index is 0.130. The van der Waals surface area contributed by atoms with Crippen LogP contribution in [-0.4, -0.2) is 23.0 Å². The minimum Gasteiger partial charge on any atom is -0.484 e. The van der Waals surface area contributed by atoms with Gasteiger partial charge in [0.2, 0.25) is 0 Å². The number of rotatable bonds is 5. The third kappa shape index (κ3) is 3.19. The standard InChI is InChI=1S/C20H21N3O3/c1-3-14-8-10-15(11-9-14)26-12-18(24)23-13(2)19(20(25)22-21)16-6-4-5-7-17(16)23/h4-11H,3,12,21H2,1-2H3,(H,22,25). The van der Waals surface area contributed by atoms with Gasteiger partial charge in [0.15, 0.2) is 6.61 Å². The van der Waals surface area contributed by atoms with Crippen molar-refractivity contribution in [1.29, 1.82) is 0 Å². The Hall–Kier alpha value is -3.12. The molecule has 0 saturated carbocycles. The Morgan fingerprint density at radius 2 is 1.81 bits per heavy atom. The van der Waals surface area contributed by atoms with Crippen molar-refractivity contribution in [1.82, 2.24) is 9.99 Å². The Balaban J connectivity index is 1.90. The van der Waals surface area contributed by atoms with Crippen LogP contribution in [0, 0.1) is 6.92 Å². The van der Waals surface area contributed by atoms with E-state index >= 15 is 0 Å². The molecule has 1 amide bonds. The van der Waals surface area contributed by atoms with Gasteiger partial charge < -0.3 is 4.74 Å². The van der Waals surface area contributed by atoms with Crippen LogP contribution in [-0.2, 0) is 6.42 Å². The van der Waals surface area contributed by atoms with Crippen molar-refractivity contribution in [2.24, 2.45) is 5.84 Å². The summed E-state index contributed by atoms with van der Waals surface area (Å²) in [4.78, 5) is 24.9. The number of hydrazine groups is 1. The number of carbonyl (C=O) groups is 2. The van der Waals surface area contributed by atoms with Gasteiger partial charge in [0.05, 0.1) is 11.1 Å². The van der Waals surface area contributed by atoms with Crippen LogP contribution < -0.4 is 16.0 Å². The summed E-state index contributed by atoms with van der Waals surface area (Å²) >= 11 is 0. The number of hydrogen-bond acceptors (Lipinski definition) is 4. The van der Waals surface area contributed by atoms with Gasteiger partial charge in [-0.05, 0) is 37.1 Å². The van der Waals surface area contributed by atoms with E-state index < -0.39 is 5.91 Å². The number of aromatic nitrogens is 1. The van der Waals surface area contributed by atoms with Gasteiger partial charge in [0, 0.05) is 11.1 Å². The van der Waals surface area contributed by atoms with Crippen molar-refractivity contribution < 1.29 is 14.3 Å². The predicted octanol–water partition coefficient (Wildman–Crippen LogP) is 2.83. The maximum atomic E-state index is 12.8. The second-order valence-corrected chi connectivity index (χ2v) is 5.97. The molecule has 1 aromatic heterocycles. The maximum absolute atomic E-state index is 12.8. The molecule has 0 aliphatic rings. The zero-order chi connectivity index (χ0) is 18.7. The smallest absolute Gasteiger partial charge is 0.269 e. The van der Waals surface area contributed by atoms with Crippen LogP contribution in [0.15, 0.2) is 48.5 Å². The number of aryl methyl sites for hydroxylation is 1. The molecule has 0 fully saturated rings. The van der Waals surface area contributed by atoms with Crippen molar-refractivity contribution in [3.63, 3.8) is 0 Å². The van der Waals surface area contributed by atoms with Gasteiger partial charge in [-0.2, -0.15) is 0 Å². The van der Waals surface area contributed by atoms with E-state index in [0.29, 0.717) is 27.9 Å². The highest BCUT2D eigenvalue weighted by Gasteiger charge is 2.22. The number of nitrogen functional groups attached to an aromatic ring is 1. The molecular weight excluding hydrogens is 330 g/mol. The first kappa shape index (κ1) is 17.7. The van der Waals surface area contributed by atoms with Gasteiger partial charge in [0.25, 0.3) is 11.8 Å². The lowest BCUT2D eigenvalue weighted by atomic mass is 10.1. The summed E-state index contributed by atoms with van der Waals surface area (Å²) in [5.74, 6) is 5.23. The van der Waals surface area contributed by atoms with Gasteiger partial charge in [-0.15, -0.1) is 0 Å². The predicted molar refractivity (Wildman–Crippen MR) is 100 cm³/mol. The molecule has 2 aromatic carbocycles. The van der Waals surface area contributed by atoms with Gasteiger partial charge in [-0.3, -0.25) is 19.6 Å². The lowest BCUT2D eigenvalue weighted by Gasteiger charge is -2.09. The van der Waals surface area contributed by atoms with E-state index in [4.69, 9.17) is 10.6 Å². The fourth-order valence-electron chi connectivity index (χ4n) is 3.08. The Bertz CT molecular complexity index is 958. The first-order valence-electron chi connectivity index (χ1n) is 8.42. The molecule has 0 spiro atoms. The number of nitrogens with two attached hydrogens (primary N) is 1. The molecule has 134 valence electrons. The first-order valence-corrected chi connectivity index (χ1v) is 8.42. The molecule has 0 radical (unpaired) electrons. The van der Waals surface area contributed by atoms with Crippen molar-refractivity contribution in [2.75, 3.05) is 6.61 Å². The number of nitrogens with one attached hydrogen (secondary N) is 1. The molecule has 3 rings (SSSR count). The monoisotopic (exact) mass is 351 g/mol. The van der Waals surface area contributed by atoms with E-state index in [-0.39, 0.29) is 12.5 Å². The normalized spacial score (nSPS) is 10.7. The average Bonchev–Trinajstić information content (AvgIpc) is 2.97. The number of ether oxygens (including phenoxy) is 1. The Kier molecular flexibility index (Phi) is 5.04.